The Bertz CT molecular complexity index is 486. The van der Waals surface area contributed by atoms with Gasteiger partial charge in [0.15, 0.2) is 5.82 Å². The molecule has 10 heteroatoms. The zero-order valence-electron chi connectivity index (χ0n) is 13.7. The Labute approximate surface area is 159 Å². The summed E-state index contributed by atoms with van der Waals surface area (Å²) in [5.41, 5.74) is 0. The van der Waals surface area contributed by atoms with Gasteiger partial charge in [0.25, 0.3) is 6.20 Å². The Morgan fingerprint density at radius 3 is 2.65 bits per heavy atom. The van der Waals surface area contributed by atoms with Crippen LogP contribution in [0.15, 0.2) is 28.6 Å². The Morgan fingerprint density at radius 2 is 2.09 bits per heavy atom. The van der Waals surface area contributed by atoms with Crippen LogP contribution in [0.25, 0.3) is 0 Å². The van der Waals surface area contributed by atoms with E-state index in [-0.39, 0.29) is 31.9 Å². The first-order valence-corrected chi connectivity index (χ1v) is 7.73. The molecule has 0 aliphatic carbocycles. The maximum atomic E-state index is 10.3. The molecular weight excluding hydrogens is 393 g/mol. The number of hydrogen-bond donors (Lipinski definition) is 2. The van der Waals surface area contributed by atoms with Crippen molar-refractivity contribution in [2.24, 2.45) is 0 Å². The first-order valence-electron chi connectivity index (χ1n) is 6.58. The summed E-state index contributed by atoms with van der Waals surface area (Å²) in [6.45, 7) is 1.44. The van der Waals surface area contributed by atoms with Gasteiger partial charge in [-0.1, -0.05) is 0 Å². The quantitative estimate of drug-likeness (QED) is 0.261. The molecule has 0 spiro atoms. The Morgan fingerprint density at radius 1 is 1.43 bits per heavy atom. The van der Waals surface area contributed by atoms with E-state index in [1.54, 1.807) is 18.8 Å². The van der Waals surface area contributed by atoms with Gasteiger partial charge in [-0.25, -0.2) is 0 Å². The molecule has 0 saturated carbocycles. The van der Waals surface area contributed by atoms with Crippen molar-refractivity contribution in [1.29, 1.82) is 0 Å². The van der Waals surface area contributed by atoms with Crippen molar-refractivity contribution < 1.29 is 28.8 Å². The maximum Gasteiger partial charge on any atom is 2.00 e. The zero-order chi connectivity index (χ0) is 15.7. The fraction of sp³-hybridized carbons (Fsp3) is 0.538. The summed E-state index contributed by atoms with van der Waals surface area (Å²) in [5, 5.41) is 16.1. The standard InChI is InChI=1S/C13H22N4O3S.ClH.Zn/c1-14-13(9-17(18)19)15-6-7-21-10-12-5-4-11(20-12)8-16(2)3;;/h4-5,9,14-15H,6-8,10H2,1-3H3;1H;/q;;+2/b13-9-;;. The van der Waals surface area contributed by atoms with E-state index < -0.39 is 4.92 Å². The van der Waals surface area contributed by atoms with Crippen LogP contribution in [0, 0.1) is 10.1 Å². The van der Waals surface area contributed by atoms with Crippen LogP contribution in [0.1, 0.15) is 11.5 Å². The van der Waals surface area contributed by atoms with Crippen molar-refractivity contribution in [3.8, 4) is 0 Å². The van der Waals surface area contributed by atoms with Crippen LogP contribution < -0.4 is 10.6 Å². The number of nitro groups is 1. The second-order valence-electron chi connectivity index (χ2n) is 4.66. The van der Waals surface area contributed by atoms with Gasteiger partial charge in [0, 0.05) is 19.3 Å². The molecule has 1 heterocycles. The summed E-state index contributed by atoms with van der Waals surface area (Å²) >= 11 is 1.72. The van der Waals surface area contributed by atoms with Crippen LogP contribution in [-0.2, 0) is 31.8 Å². The van der Waals surface area contributed by atoms with Crippen LogP contribution in [-0.4, -0.2) is 43.3 Å². The van der Waals surface area contributed by atoms with E-state index >= 15 is 0 Å². The second kappa shape index (κ2) is 13.7. The van der Waals surface area contributed by atoms with E-state index in [0.29, 0.717) is 12.4 Å². The first-order chi connectivity index (χ1) is 10.0. The van der Waals surface area contributed by atoms with Crippen molar-refractivity contribution in [3.05, 3.63) is 45.8 Å². The maximum absolute atomic E-state index is 10.3. The average Bonchev–Trinajstić information content (AvgIpc) is 2.83. The third-order valence-electron chi connectivity index (χ3n) is 2.50. The van der Waals surface area contributed by atoms with Gasteiger partial charge in [0.2, 0.25) is 0 Å². The van der Waals surface area contributed by atoms with E-state index in [1.165, 1.54) is 0 Å². The fourth-order valence-corrected chi connectivity index (χ4v) is 2.38. The Hall–Kier alpha value is -0.757. The van der Waals surface area contributed by atoms with Crippen molar-refractivity contribution in [1.82, 2.24) is 15.5 Å². The van der Waals surface area contributed by atoms with E-state index in [1.807, 2.05) is 26.2 Å². The normalized spacial score (nSPS) is 10.7. The minimum atomic E-state index is -0.485. The molecule has 0 aromatic carbocycles. The number of rotatable bonds is 10. The van der Waals surface area contributed by atoms with E-state index in [0.717, 1.165) is 35.8 Å². The summed E-state index contributed by atoms with van der Waals surface area (Å²) in [5.74, 6) is 3.95. The van der Waals surface area contributed by atoms with Crippen LogP contribution in [0.4, 0.5) is 0 Å². The average molecular weight is 416 g/mol. The molecule has 0 amide bonds. The molecule has 0 aliphatic heterocycles. The summed E-state index contributed by atoms with van der Waals surface area (Å²) in [6.07, 6.45) is 0.921. The number of halogens is 1. The van der Waals surface area contributed by atoms with Crippen LogP contribution in [0.3, 0.4) is 0 Å². The van der Waals surface area contributed by atoms with Gasteiger partial charge in [-0.3, -0.25) is 10.1 Å². The molecule has 126 valence electrons. The number of nitrogens with zero attached hydrogens (tertiary/aromatic N) is 2. The van der Waals surface area contributed by atoms with Gasteiger partial charge in [-0.2, -0.15) is 11.8 Å². The van der Waals surface area contributed by atoms with Crippen LogP contribution in [0.5, 0.6) is 0 Å². The minimum absolute atomic E-state index is 0. The van der Waals surface area contributed by atoms with Gasteiger partial charge in [0.05, 0.1) is 17.2 Å². The number of hydrogen-bond acceptors (Lipinski definition) is 7. The Kier molecular flexibility index (Phi) is 14.5. The zero-order valence-corrected chi connectivity index (χ0v) is 18.3. The van der Waals surface area contributed by atoms with E-state index in [9.17, 15) is 10.1 Å². The third-order valence-corrected chi connectivity index (χ3v) is 3.48. The third kappa shape index (κ3) is 11.4. The predicted octanol–water partition coefficient (Wildman–Crippen LogP) is 1.88. The van der Waals surface area contributed by atoms with Crippen LogP contribution in [0.2, 0.25) is 0 Å². The molecule has 0 atom stereocenters. The first kappa shape index (κ1) is 24.5. The molecule has 0 bridgehead atoms. The second-order valence-corrected chi connectivity index (χ2v) is 5.77. The molecule has 23 heavy (non-hydrogen) atoms. The molecule has 1 aromatic rings. The molecule has 0 fully saturated rings. The van der Waals surface area contributed by atoms with Crippen molar-refractivity contribution in [3.63, 3.8) is 0 Å². The van der Waals surface area contributed by atoms with E-state index in [4.69, 9.17) is 4.42 Å². The van der Waals surface area contributed by atoms with E-state index in [2.05, 4.69) is 15.5 Å². The number of furan rings is 1. The molecule has 7 nitrogen and oxygen atoms in total. The summed E-state index contributed by atoms with van der Waals surface area (Å²) < 4.78 is 5.70. The molecule has 0 radical (unpaired) electrons. The van der Waals surface area contributed by atoms with Gasteiger partial charge in [0.1, 0.15) is 11.5 Å². The summed E-state index contributed by atoms with van der Waals surface area (Å²) in [7, 11) is 5.64. The molecule has 2 N–H and O–H groups in total. The molecule has 1 rings (SSSR count). The van der Waals surface area contributed by atoms with Crippen molar-refractivity contribution in [2.45, 2.75) is 12.3 Å². The monoisotopic (exact) mass is 414 g/mol. The fourth-order valence-electron chi connectivity index (χ4n) is 1.63. The molecule has 0 unspecified atom stereocenters. The topological polar surface area (TPSA) is 83.6 Å². The SMILES string of the molecule is CN/C(=C/[N+](=O)[O-])NCCSCc1ccc(CN(C)C)o1.Cl.[Zn+2]. The molecular formula is C13H23ClN4O3SZn+2. The van der Waals surface area contributed by atoms with Crippen molar-refractivity contribution >= 4 is 24.2 Å². The smallest absolute Gasteiger partial charge is 0.464 e. The minimum Gasteiger partial charge on any atom is -0.464 e. The summed E-state index contributed by atoms with van der Waals surface area (Å²) in [4.78, 5) is 11.9. The largest absolute Gasteiger partial charge is 2.00 e. The van der Waals surface area contributed by atoms with Gasteiger partial charge in [-0.15, -0.1) is 12.4 Å². The molecule has 1 aromatic heterocycles. The van der Waals surface area contributed by atoms with Crippen LogP contribution >= 0.6 is 24.2 Å². The molecule has 0 saturated heterocycles. The summed E-state index contributed by atoms with van der Waals surface area (Å²) in [6, 6.07) is 3.98. The van der Waals surface area contributed by atoms with Crippen molar-refractivity contribution in [2.75, 3.05) is 33.4 Å². The predicted molar refractivity (Wildman–Crippen MR) is 91.6 cm³/mol. The van der Waals surface area contributed by atoms with Gasteiger partial charge >= 0.3 is 19.5 Å². The van der Waals surface area contributed by atoms with Gasteiger partial charge < -0.3 is 20.0 Å². The van der Waals surface area contributed by atoms with Gasteiger partial charge in [-0.05, 0) is 26.2 Å². The number of nitrogens with one attached hydrogen (secondary N) is 2. The Balaban J connectivity index is 0. The number of thioether (sulfide) groups is 1. The molecule has 0 aliphatic rings.